The van der Waals surface area contributed by atoms with Crippen LogP contribution >= 0.6 is 0 Å². The van der Waals surface area contributed by atoms with Crippen LogP contribution in [0.4, 0.5) is 10.6 Å². The summed E-state index contributed by atoms with van der Waals surface area (Å²) in [6, 6.07) is 18.9. The van der Waals surface area contributed by atoms with Crippen molar-refractivity contribution in [3.8, 4) is 0 Å². The third-order valence-corrected chi connectivity index (χ3v) is 7.86. The predicted molar refractivity (Wildman–Crippen MR) is 159 cm³/mol. The molecule has 230 valence electrons. The van der Waals surface area contributed by atoms with Gasteiger partial charge in [0.15, 0.2) is 12.5 Å². The minimum Gasteiger partial charge on any atom is -0.481 e. The quantitative estimate of drug-likeness (QED) is 0.279. The molecule has 3 aliphatic rings. The fraction of sp³-hybridized carbons (Fsp3) is 0.375. The van der Waals surface area contributed by atoms with Gasteiger partial charge in [0.2, 0.25) is 0 Å². The monoisotopic (exact) mass is 602 g/mol. The molecule has 0 bridgehead atoms. The molecule has 2 aliphatic heterocycles. The van der Waals surface area contributed by atoms with Gasteiger partial charge in [0.1, 0.15) is 24.1 Å². The number of rotatable bonds is 11. The van der Waals surface area contributed by atoms with Gasteiger partial charge in [-0.2, -0.15) is 4.98 Å². The van der Waals surface area contributed by atoms with Gasteiger partial charge in [-0.05, 0) is 36.5 Å². The Labute approximate surface area is 253 Å². The van der Waals surface area contributed by atoms with Crippen molar-refractivity contribution < 1.29 is 33.6 Å². The van der Waals surface area contributed by atoms with Crippen molar-refractivity contribution in [2.75, 3.05) is 25.1 Å². The van der Waals surface area contributed by atoms with Crippen molar-refractivity contribution in [3.05, 3.63) is 94.0 Å². The molecule has 3 heterocycles. The van der Waals surface area contributed by atoms with E-state index in [-0.39, 0.29) is 24.3 Å². The lowest BCUT2D eigenvalue weighted by atomic mass is 10.1. The molecule has 3 aromatic rings. The number of carbonyl (C=O) groups is 2. The number of aliphatic carboxylic acids is 1. The Balaban J connectivity index is 1.17. The number of hydrogen-bond donors (Lipinski definition) is 3. The highest BCUT2D eigenvalue weighted by Gasteiger charge is 2.54. The molecule has 1 aliphatic carbocycles. The van der Waals surface area contributed by atoms with Gasteiger partial charge >= 0.3 is 17.7 Å². The summed E-state index contributed by atoms with van der Waals surface area (Å²) in [5.41, 5.74) is 2.29. The fourth-order valence-electron chi connectivity index (χ4n) is 5.44. The average Bonchev–Trinajstić information content (AvgIpc) is 3.55. The van der Waals surface area contributed by atoms with E-state index in [1.807, 2.05) is 66.7 Å². The number of anilines is 1. The molecule has 12 nitrogen and oxygen atoms in total. The molecule has 12 heteroatoms. The summed E-state index contributed by atoms with van der Waals surface area (Å²) in [7, 11) is 0. The number of aromatic nitrogens is 2. The Hall–Kier alpha value is -4.36. The van der Waals surface area contributed by atoms with Gasteiger partial charge < -0.3 is 29.4 Å². The first-order valence-electron chi connectivity index (χ1n) is 14.6. The number of carboxylic acids is 1. The molecule has 2 saturated heterocycles. The number of carboxylic acid groups (broad SMARTS) is 1. The third kappa shape index (κ3) is 6.73. The summed E-state index contributed by atoms with van der Waals surface area (Å²) < 4.78 is 26.1. The highest BCUT2D eigenvalue weighted by molar-refractivity contribution is 5.88. The van der Waals surface area contributed by atoms with E-state index in [4.69, 9.17) is 18.9 Å². The number of fused-ring (bicyclic) bond motifs is 1. The maximum absolute atomic E-state index is 13.0. The molecule has 7 atom stereocenters. The van der Waals surface area contributed by atoms with Crippen LogP contribution < -0.4 is 16.3 Å². The third-order valence-electron chi connectivity index (χ3n) is 7.86. The first-order chi connectivity index (χ1) is 21.4. The van der Waals surface area contributed by atoms with E-state index in [1.54, 1.807) is 6.92 Å². The average molecular weight is 603 g/mol. The zero-order valence-electron chi connectivity index (χ0n) is 24.1. The van der Waals surface area contributed by atoms with Gasteiger partial charge in [0.05, 0.1) is 19.1 Å². The van der Waals surface area contributed by atoms with Crippen LogP contribution in [0.15, 0.2) is 71.7 Å². The number of benzene rings is 2. The molecule has 2 aromatic carbocycles. The van der Waals surface area contributed by atoms with Gasteiger partial charge in [-0.1, -0.05) is 66.7 Å². The van der Waals surface area contributed by atoms with Crippen LogP contribution in [0.1, 0.15) is 42.6 Å². The molecule has 1 saturated carbocycles. The fourth-order valence-corrected chi connectivity index (χ4v) is 5.44. The largest absolute Gasteiger partial charge is 0.481 e. The Morgan fingerprint density at radius 1 is 1.00 bits per heavy atom. The van der Waals surface area contributed by atoms with Crippen molar-refractivity contribution in [3.63, 3.8) is 0 Å². The van der Waals surface area contributed by atoms with E-state index < -0.39 is 48.5 Å². The van der Waals surface area contributed by atoms with Gasteiger partial charge in [0, 0.05) is 18.3 Å². The minimum absolute atomic E-state index is 0.0276. The molecular formula is C32H34N4O8. The number of nitrogens with one attached hydrogen (secondary N) is 2. The first kappa shape index (κ1) is 29.7. The zero-order chi connectivity index (χ0) is 30.6. The van der Waals surface area contributed by atoms with Crippen molar-refractivity contribution in [2.45, 2.75) is 44.2 Å². The van der Waals surface area contributed by atoms with Crippen LogP contribution in [-0.2, 0) is 23.7 Å². The van der Waals surface area contributed by atoms with Crippen LogP contribution in [0.5, 0.6) is 0 Å². The predicted octanol–water partition coefficient (Wildman–Crippen LogP) is 3.67. The van der Waals surface area contributed by atoms with Crippen LogP contribution in [-0.4, -0.2) is 64.7 Å². The van der Waals surface area contributed by atoms with Crippen molar-refractivity contribution in [2.24, 2.45) is 11.8 Å². The molecular weight excluding hydrogens is 568 g/mol. The van der Waals surface area contributed by atoms with Crippen LogP contribution in [0, 0.1) is 11.8 Å². The van der Waals surface area contributed by atoms with Crippen molar-refractivity contribution in [1.82, 2.24) is 14.9 Å². The van der Waals surface area contributed by atoms with Gasteiger partial charge in [-0.15, -0.1) is 0 Å². The maximum Gasteiger partial charge on any atom is 0.351 e. The van der Waals surface area contributed by atoms with E-state index >= 15 is 0 Å². The second-order valence-corrected chi connectivity index (χ2v) is 11.0. The van der Waals surface area contributed by atoms with Crippen LogP contribution in [0.3, 0.4) is 0 Å². The number of hydrogen-bond acceptors (Lipinski definition) is 8. The molecule has 6 rings (SSSR count). The molecule has 3 N–H and O–H groups in total. The van der Waals surface area contributed by atoms with Crippen LogP contribution in [0.25, 0.3) is 12.2 Å². The smallest absolute Gasteiger partial charge is 0.351 e. The Kier molecular flexibility index (Phi) is 8.84. The zero-order valence-corrected chi connectivity index (χ0v) is 24.1. The van der Waals surface area contributed by atoms with Gasteiger partial charge in [-0.25, -0.2) is 9.59 Å². The SMILES string of the molecule is CCNC(=O)Nc1ccn([C@@H]2O[C@H](COCC3CC3C(=O)O)C3O[C@H](c4ccc(/C=C/c5ccccc5)cc4)OC32)c(=O)n1. The van der Waals surface area contributed by atoms with E-state index in [1.165, 1.54) is 16.8 Å². The van der Waals surface area contributed by atoms with Gasteiger partial charge in [-0.3, -0.25) is 14.7 Å². The van der Waals surface area contributed by atoms with E-state index in [2.05, 4.69) is 15.6 Å². The summed E-state index contributed by atoms with van der Waals surface area (Å²) in [5, 5.41) is 14.3. The van der Waals surface area contributed by atoms with Crippen LogP contribution in [0.2, 0.25) is 0 Å². The lowest BCUT2D eigenvalue weighted by Crippen LogP contribution is -2.35. The topological polar surface area (TPSA) is 150 Å². The first-order valence-corrected chi connectivity index (χ1v) is 14.6. The summed E-state index contributed by atoms with van der Waals surface area (Å²) in [4.78, 5) is 40.1. The highest BCUT2D eigenvalue weighted by Crippen LogP contribution is 2.44. The lowest BCUT2D eigenvalue weighted by molar-refractivity contribution is -0.159. The minimum atomic E-state index is -0.863. The summed E-state index contributed by atoms with van der Waals surface area (Å²) in [6.07, 6.45) is 2.80. The van der Waals surface area contributed by atoms with Crippen molar-refractivity contribution >= 4 is 30.0 Å². The molecule has 2 amide bonds. The maximum atomic E-state index is 13.0. The molecule has 1 aromatic heterocycles. The van der Waals surface area contributed by atoms with E-state index in [0.29, 0.717) is 19.6 Å². The lowest BCUT2D eigenvalue weighted by Gasteiger charge is -2.22. The van der Waals surface area contributed by atoms with E-state index in [9.17, 15) is 19.5 Å². The Morgan fingerprint density at radius 3 is 2.41 bits per heavy atom. The molecule has 3 fully saturated rings. The number of carbonyl (C=O) groups excluding carboxylic acids is 1. The highest BCUT2D eigenvalue weighted by atomic mass is 16.8. The standard InChI is InChI=1S/C32H34N4O8/c1-2-33-31(39)34-25-14-15-36(32(40)35-25)28-27-26(24(42-28)18-41-17-22-16-23(22)29(37)38)43-30(44-27)21-12-10-20(11-13-21)9-8-19-6-4-3-5-7-19/h3-15,22-24,26-28,30H,2,16-18H2,1H3,(H,37,38)(H2,33,34,35,39,40)/b9-8+/t22?,23?,24-,26?,27?,28-,30+/m1/s1. The van der Waals surface area contributed by atoms with Gasteiger partial charge in [0.25, 0.3) is 0 Å². The second-order valence-electron chi connectivity index (χ2n) is 11.0. The normalized spacial score (nSPS) is 27.2. The summed E-state index contributed by atoms with van der Waals surface area (Å²) >= 11 is 0. The molecule has 4 unspecified atom stereocenters. The molecule has 0 spiro atoms. The number of amides is 2. The van der Waals surface area contributed by atoms with E-state index in [0.717, 1.165) is 16.7 Å². The molecule has 44 heavy (non-hydrogen) atoms. The second kappa shape index (κ2) is 13.1. The number of ether oxygens (including phenoxy) is 4. The Bertz CT molecular complexity index is 1560. The summed E-state index contributed by atoms with van der Waals surface area (Å²) in [5.74, 6) is -1.12. The number of urea groups is 1. The van der Waals surface area contributed by atoms with Crippen molar-refractivity contribution in [1.29, 1.82) is 0 Å². The number of nitrogens with zero attached hydrogens (tertiary/aromatic N) is 2. The molecule has 0 radical (unpaired) electrons. The summed E-state index contributed by atoms with van der Waals surface area (Å²) in [6.45, 7) is 2.64. The Morgan fingerprint density at radius 2 is 1.73 bits per heavy atom.